The molecule has 0 spiro atoms. The van der Waals surface area contributed by atoms with Crippen molar-refractivity contribution in [2.75, 3.05) is 0 Å². The van der Waals surface area contributed by atoms with Gasteiger partial charge in [-0.25, -0.2) is 0 Å². The molecule has 1 saturated carbocycles. The lowest BCUT2D eigenvalue weighted by atomic mass is 9.52. The van der Waals surface area contributed by atoms with Crippen LogP contribution in [0.4, 0.5) is 0 Å². The fourth-order valence-corrected chi connectivity index (χ4v) is 5.03. The zero-order chi connectivity index (χ0) is 17.7. The summed E-state index contributed by atoms with van der Waals surface area (Å²) in [6.45, 7) is 2.12. The molecule has 1 fully saturated rings. The normalized spacial score (nSPS) is 31.3. The molecule has 1 aromatic heterocycles. The van der Waals surface area contributed by atoms with Gasteiger partial charge in [-0.15, -0.1) is 0 Å². The highest BCUT2D eigenvalue weighted by Gasteiger charge is 2.55. The van der Waals surface area contributed by atoms with Crippen LogP contribution in [0.1, 0.15) is 49.3 Å². The van der Waals surface area contributed by atoms with E-state index in [9.17, 15) is 15.0 Å². The number of carbonyl (C=O) groups is 1. The van der Waals surface area contributed by atoms with Crippen molar-refractivity contribution < 1.29 is 15.0 Å². The van der Waals surface area contributed by atoms with Gasteiger partial charge in [-0.3, -0.25) is 9.78 Å². The van der Waals surface area contributed by atoms with Gasteiger partial charge in [0.25, 0.3) is 0 Å². The van der Waals surface area contributed by atoms with E-state index >= 15 is 0 Å². The maximum absolute atomic E-state index is 13.1. The van der Waals surface area contributed by atoms with Crippen molar-refractivity contribution >= 4 is 5.78 Å². The van der Waals surface area contributed by atoms with Crippen molar-refractivity contribution in [1.29, 1.82) is 0 Å². The topological polar surface area (TPSA) is 70.4 Å². The Hall–Kier alpha value is -2.20. The Morgan fingerprint density at radius 1 is 1.32 bits per heavy atom. The Labute approximate surface area is 147 Å². The second-order valence-corrected chi connectivity index (χ2v) is 7.49. The van der Waals surface area contributed by atoms with Gasteiger partial charge in [0.2, 0.25) is 0 Å². The average molecular weight is 337 g/mol. The number of aryl methyl sites for hydroxylation is 1. The van der Waals surface area contributed by atoms with Gasteiger partial charge in [0.1, 0.15) is 11.4 Å². The first kappa shape index (κ1) is 16.3. The Morgan fingerprint density at radius 3 is 2.88 bits per heavy atom. The van der Waals surface area contributed by atoms with Crippen LogP contribution in [0, 0.1) is 5.92 Å². The molecule has 0 bridgehead atoms. The van der Waals surface area contributed by atoms with Crippen molar-refractivity contribution in [1.82, 2.24) is 4.98 Å². The smallest absolute Gasteiger partial charge is 0.169 e. The highest BCUT2D eigenvalue weighted by Crippen LogP contribution is 2.55. The third-order valence-corrected chi connectivity index (χ3v) is 6.42. The summed E-state index contributed by atoms with van der Waals surface area (Å²) in [4.78, 5) is 17.2. The van der Waals surface area contributed by atoms with E-state index in [2.05, 4.69) is 11.9 Å². The van der Waals surface area contributed by atoms with Crippen LogP contribution in [0.25, 0.3) is 0 Å². The second-order valence-electron chi connectivity index (χ2n) is 7.49. The fraction of sp³-hybridized carbons (Fsp3) is 0.429. The van der Waals surface area contributed by atoms with Crippen LogP contribution in [0.5, 0.6) is 5.75 Å². The monoisotopic (exact) mass is 337 g/mol. The number of benzene rings is 1. The van der Waals surface area contributed by atoms with E-state index in [1.165, 1.54) is 5.56 Å². The molecule has 130 valence electrons. The molecule has 25 heavy (non-hydrogen) atoms. The minimum Gasteiger partial charge on any atom is -0.508 e. The number of hydrogen-bond donors (Lipinski definition) is 2. The van der Waals surface area contributed by atoms with Crippen molar-refractivity contribution in [2.24, 2.45) is 5.92 Å². The molecule has 2 N–H and O–H groups in total. The van der Waals surface area contributed by atoms with Gasteiger partial charge in [0.05, 0.1) is 0 Å². The molecule has 4 nitrogen and oxygen atoms in total. The third kappa shape index (κ3) is 2.31. The van der Waals surface area contributed by atoms with Crippen LogP contribution in [0.3, 0.4) is 0 Å². The molecule has 2 aromatic rings. The minimum atomic E-state index is -1.44. The summed E-state index contributed by atoms with van der Waals surface area (Å²) in [5.41, 5.74) is 1.23. The van der Waals surface area contributed by atoms with Crippen molar-refractivity contribution in [3.05, 3.63) is 59.4 Å². The summed E-state index contributed by atoms with van der Waals surface area (Å²) in [7, 11) is 0. The molecule has 4 rings (SSSR count). The number of phenols is 1. The summed E-state index contributed by atoms with van der Waals surface area (Å²) in [5.74, 6) is 0.384. The van der Waals surface area contributed by atoms with Gasteiger partial charge in [-0.2, -0.15) is 0 Å². The maximum atomic E-state index is 13.1. The minimum absolute atomic E-state index is 0.125. The van der Waals surface area contributed by atoms with Crippen LogP contribution in [-0.4, -0.2) is 21.0 Å². The number of pyridine rings is 1. The lowest BCUT2D eigenvalue weighted by Gasteiger charge is -2.52. The van der Waals surface area contributed by atoms with Crippen LogP contribution in [-0.2, 0) is 22.2 Å². The molecule has 0 aliphatic heterocycles. The molecule has 0 unspecified atom stereocenters. The second kappa shape index (κ2) is 5.67. The van der Waals surface area contributed by atoms with Gasteiger partial charge >= 0.3 is 0 Å². The summed E-state index contributed by atoms with van der Waals surface area (Å²) >= 11 is 0. The molecule has 0 amide bonds. The molecule has 2 aliphatic rings. The van der Waals surface area contributed by atoms with Gasteiger partial charge < -0.3 is 10.2 Å². The molecular weight excluding hydrogens is 314 g/mol. The number of aromatic hydroxyl groups is 1. The quantitative estimate of drug-likeness (QED) is 0.882. The highest BCUT2D eigenvalue weighted by atomic mass is 16.3. The molecule has 2 aliphatic carbocycles. The Kier molecular flexibility index (Phi) is 3.69. The van der Waals surface area contributed by atoms with E-state index in [1.807, 2.05) is 12.1 Å². The van der Waals surface area contributed by atoms with Gasteiger partial charge in [-0.1, -0.05) is 19.1 Å². The number of ketones is 1. The van der Waals surface area contributed by atoms with E-state index in [0.717, 1.165) is 24.8 Å². The average Bonchev–Trinajstić information content (AvgIpc) is 2.63. The fourth-order valence-electron chi connectivity index (χ4n) is 5.03. The highest BCUT2D eigenvalue weighted by molar-refractivity contribution is 5.90. The SMILES string of the molecule is CC[C@@]12CC(=O)[C@](O)(c3cccnc3)C[C@H]1CCc1cc(O)ccc12. The van der Waals surface area contributed by atoms with Crippen molar-refractivity contribution in [3.63, 3.8) is 0 Å². The largest absolute Gasteiger partial charge is 0.508 e. The number of carbonyl (C=O) groups excluding carboxylic acids is 1. The first-order valence-electron chi connectivity index (χ1n) is 8.98. The summed E-state index contributed by atoms with van der Waals surface area (Å²) in [5, 5.41) is 21.0. The van der Waals surface area contributed by atoms with Gasteiger partial charge in [0.15, 0.2) is 5.78 Å². The predicted octanol–water partition coefficient (Wildman–Crippen LogP) is 3.25. The number of hydrogen-bond acceptors (Lipinski definition) is 4. The summed E-state index contributed by atoms with van der Waals surface area (Å²) in [6.07, 6.45) is 6.66. The summed E-state index contributed by atoms with van der Waals surface area (Å²) < 4.78 is 0. The zero-order valence-corrected chi connectivity index (χ0v) is 14.4. The number of Topliss-reactive ketones (excluding diaryl/α,β-unsaturated/α-hetero) is 1. The molecule has 4 heteroatoms. The van der Waals surface area contributed by atoms with E-state index in [4.69, 9.17) is 0 Å². The number of phenolic OH excluding ortho intramolecular Hbond substituents is 1. The third-order valence-electron chi connectivity index (χ3n) is 6.42. The number of fused-ring (bicyclic) bond motifs is 3. The van der Waals surface area contributed by atoms with E-state index in [-0.39, 0.29) is 22.9 Å². The number of aromatic nitrogens is 1. The molecule has 1 aromatic carbocycles. The van der Waals surface area contributed by atoms with E-state index < -0.39 is 5.60 Å². The maximum Gasteiger partial charge on any atom is 0.169 e. The molecule has 0 saturated heterocycles. The van der Waals surface area contributed by atoms with E-state index in [0.29, 0.717) is 18.4 Å². The molecule has 0 radical (unpaired) electrons. The van der Waals surface area contributed by atoms with Crippen LogP contribution >= 0.6 is 0 Å². The zero-order valence-electron chi connectivity index (χ0n) is 14.4. The number of nitrogens with zero attached hydrogens (tertiary/aromatic N) is 1. The Bertz CT molecular complexity index is 819. The van der Waals surface area contributed by atoms with Crippen molar-refractivity contribution in [2.45, 2.75) is 50.0 Å². The number of rotatable bonds is 2. The Morgan fingerprint density at radius 2 is 2.16 bits per heavy atom. The lowest BCUT2D eigenvalue weighted by molar-refractivity contribution is -0.150. The lowest BCUT2D eigenvalue weighted by Crippen LogP contribution is -2.54. The van der Waals surface area contributed by atoms with E-state index in [1.54, 1.807) is 30.6 Å². The van der Waals surface area contributed by atoms with Gasteiger partial charge in [0, 0.05) is 29.8 Å². The summed E-state index contributed by atoms with van der Waals surface area (Å²) in [6, 6.07) is 9.07. The first-order chi connectivity index (χ1) is 12.0. The predicted molar refractivity (Wildman–Crippen MR) is 94.3 cm³/mol. The molecule has 3 atom stereocenters. The van der Waals surface area contributed by atoms with Crippen LogP contribution in [0.15, 0.2) is 42.7 Å². The molecular formula is C21H23NO3. The Balaban J connectivity index is 1.79. The molecule has 1 heterocycles. The first-order valence-corrected chi connectivity index (χ1v) is 8.98. The number of aliphatic hydroxyl groups is 1. The van der Waals surface area contributed by atoms with Crippen LogP contribution in [0.2, 0.25) is 0 Å². The van der Waals surface area contributed by atoms with Crippen LogP contribution < -0.4 is 0 Å². The standard InChI is InChI=1S/C21H23NO3/c1-2-20-12-19(24)21(25,16-4-3-9-22-13-16)11-15(20)6-5-14-10-17(23)7-8-18(14)20/h3-4,7-10,13,15,23,25H,2,5-6,11-12H2,1H3/t15-,20-,21-/m1/s1. The van der Waals surface area contributed by atoms with Gasteiger partial charge in [-0.05, 0) is 60.9 Å². The van der Waals surface area contributed by atoms with Crippen molar-refractivity contribution in [3.8, 4) is 5.75 Å².